The molecule has 20 heavy (non-hydrogen) atoms. The first-order chi connectivity index (χ1) is 9.76. The average molecular weight is 286 g/mol. The van der Waals surface area contributed by atoms with Crippen LogP contribution in [0.1, 0.15) is 24.0 Å². The Kier molecular flexibility index (Phi) is 3.74. The summed E-state index contributed by atoms with van der Waals surface area (Å²) in [4.78, 5) is 4.52. The van der Waals surface area contributed by atoms with Crippen molar-refractivity contribution in [1.82, 2.24) is 9.55 Å². The second kappa shape index (κ2) is 5.67. The molecular weight excluding hydrogens is 268 g/mol. The van der Waals surface area contributed by atoms with Crippen LogP contribution < -0.4 is 4.74 Å². The third-order valence-electron chi connectivity index (χ3n) is 3.19. The Morgan fingerprint density at radius 3 is 2.95 bits per heavy atom. The number of hydrogen-bond donors (Lipinski definition) is 0. The normalized spacial score (nSPS) is 11.1. The van der Waals surface area contributed by atoms with Gasteiger partial charge in [0.25, 0.3) is 0 Å². The second-order valence-electron chi connectivity index (χ2n) is 4.90. The van der Waals surface area contributed by atoms with E-state index in [9.17, 15) is 0 Å². The second-order valence-corrected chi connectivity index (χ2v) is 5.84. The zero-order valence-electron chi connectivity index (χ0n) is 11.8. The molecule has 0 aliphatic rings. The maximum Gasteiger partial charge on any atom is 0.120 e. The van der Waals surface area contributed by atoms with Crippen molar-refractivity contribution in [3.05, 3.63) is 46.5 Å². The van der Waals surface area contributed by atoms with Crippen LogP contribution in [0.2, 0.25) is 0 Å². The molecule has 0 fully saturated rings. The van der Waals surface area contributed by atoms with E-state index in [-0.39, 0.29) is 0 Å². The van der Waals surface area contributed by atoms with Gasteiger partial charge in [-0.2, -0.15) is 0 Å². The number of hydrogen-bond acceptors (Lipinski definition) is 3. The predicted octanol–water partition coefficient (Wildman–Crippen LogP) is 4.24. The van der Waals surface area contributed by atoms with Gasteiger partial charge >= 0.3 is 0 Å². The molecule has 3 rings (SSSR count). The Bertz CT molecular complexity index is 714. The maximum absolute atomic E-state index is 5.67. The third kappa shape index (κ3) is 2.70. The van der Waals surface area contributed by atoms with E-state index in [4.69, 9.17) is 4.74 Å². The van der Waals surface area contributed by atoms with Gasteiger partial charge in [-0.05, 0) is 37.6 Å². The lowest BCUT2D eigenvalue weighted by Gasteiger charge is -2.06. The SMILES string of the molecule is CCCOc1ccc2c(ccn2Cc2nc(C)cs2)c1. The first kappa shape index (κ1) is 13.2. The molecule has 0 bridgehead atoms. The number of rotatable bonds is 5. The minimum Gasteiger partial charge on any atom is -0.494 e. The van der Waals surface area contributed by atoms with Gasteiger partial charge in [0.1, 0.15) is 10.8 Å². The number of ether oxygens (including phenoxy) is 1. The number of nitrogens with zero attached hydrogens (tertiary/aromatic N) is 2. The fourth-order valence-electron chi connectivity index (χ4n) is 2.25. The van der Waals surface area contributed by atoms with Crippen molar-refractivity contribution >= 4 is 22.2 Å². The fourth-order valence-corrected chi connectivity index (χ4v) is 3.02. The molecule has 3 nitrogen and oxygen atoms in total. The molecule has 3 aromatic rings. The van der Waals surface area contributed by atoms with Crippen molar-refractivity contribution in [2.75, 3.05) is 6.61 Å². The minimum absolute atomic E-state index is 0.768. The van der Waals surface area contributed by atoms with Gasteiger partial charge in [0.2, 0.25) is 0 Å². The predicted molar refractivity (Wildman–Crippen MR) is 83.7 cm³/mol. The number of fused-ring (bicyclic) bond motifs is 1. The summed E-state index contributed by atoms with van der Waals surface area (Å²) < 4.78 is 7.91. The van der Waals surface area contributed by atoms with Crippen molar-refractivity contribution in [1.29, 1.82) is 0 Å². The molecule has 0 unspecified atom stereocenters. The van der Waals surface area contributed by atoms with E-state index in [1.54, 1.807) is 11.3 Å². The van der Waals surface area contributed by atoms with E-state index >= 15 is 0 Å². The van der Waals surface area contributed by atoms with E-state index in [1.165, 1.54) is 10.9 Å². The van der Waals surface area contributed by atoms with Crippen LogP contribution in [0.15, 0.2) is 35.8 Å². The Balaban J connectivity index is 1.85. The molecule has 4 heteroatoms. The smallest absolute Gasteiger partial charge is 0.120 e. The van der Waals surface area contributed by atoms with Crippen LogP contribution in [0, 0.1) is 6.92 Å². The van der Waals surface area contributed by atoms with E-state index in [2.05, 4.69) is 46.3 Å². The standard InChI is InChI=1S/C16H18N2OS/c1-3-8-19-14-4-5-15-13(9-14)6-7-18(15)10-16-17-12(2)11-20-16/h4-7,9,11H,3,8,10H2,1-2H3. The summed E-state index contributed by atoms with van der Waals surface area (Å²) >= 11 is 1.71. The van der Waals surface area contributed by atoms with Gasteiger partial charge in [-0.1, -0.05) is 6.92 Å². The number of aryl methyl sites for hydroxylation is 1. The fraction of sp³-hybridized carbons (Fsp3) is 0.312. The van der Waals surface area contributed by atoms with E-state index in [0.29, 0.717) is 0 Å². The van der Waals surface area contributed by atoms with E-state index in [0.717, 1.165) is 36.0 Å². The topological polar surface area (TPSA) is 27.1 Å². The first-order valence-electron chi connectivity index (χ1n) is 6.89. The summed E-state index contributed by atoms with van der Waals surface area (Å²) in [6.07, 6.45) is 3.15. The summed E-state index contributed by atoms with van der Waals surface area (Å²) in [7, 11) is 0. The quantitative estimate of drug-likeness (QED) is 0.701. The zero-order valence-corrected chi connectivity index (χ0v) is 12.6. The summed E-state index contributed by atoms with van der Waals surface area (Å²) in [5.74, 6) is 0.946. The molecule has 1 aromatic carbocycles. The molecule has 0 N–H and O–H groups in total. The third-order valence-corrected chi connectivity index (χ3v) is 4.14. The summed E-state index contributed by atoms with van der Waals surface area (Å²) in [6.45, 7) is 5.75. The molecule has 0 radical (unpaired) electrons. The Hall–Kier alpha value is -1.81. The molecule has 0 amide bonds. The van der Waals surface area contributed by atoms with Gasteiger partial charge in [0.05, 0.1) is 13.2 Å². The van der Waals surface area contributed by atoms with Gasteiger partial charge in [0.15, 0.2) is 0 Å². The lowest BCUT2D eigenvalue weighted by atomic mass is 10.2. The van der Waals surface area contributed by atoms with Crippen LogP contribution in [-0.4, -0.2) is 16.2 Å². The Morgan fingerprint density at radius 1 is 1.30 bits per heavy atom. The van der Waals surface area contributed by atoms with Crippen molar-refractivity contribution in [3.8, 4) is 5.75 Å². The van der Waals surface area contributed by atoms with Crippen molar-refractivity contribution in [3.63, 3.8) is 0 Å². The van der Waals surface area contributed by atoms with Crippen LogP contribution in [0.25, 0.3) is 10.9 Å². The highest BCUT2D eigenvalue weighted by Crippen LogP contribution is 2.23. The molecule has 0 spiro atoms. The molecule has 0 atom stereocenters. The van der Waals surface area contributed by atoms with Gasteiger partial charge in [0, 0.05) is 28.2 Å². The maximum atomic E-state index is 5.67. The monoisotopic (exact) mass is 286 g/mol. The Morgan fingerprint density at radius 2 is 2.20 bits per heavy atom. The molecule has 2 aromatic heterocycles. The highest BCUT2D eigenvalue weighted by atomic mass is 32.1. The minimum atomic E-state index is 0.768. The van der Waals surface area contributed by atoms with Gasteiger partial charge in [-0.25, -0.2) is 4.98 Å². The highest BCUT2D eigenvalue weighted by molar-refractivity contribution is 7.09. The molecule has 0 aliphatic heterocycles. The molecular formula is C16H18N2OS. The first-order valence-corrected chi connectivity index (χ1v) is 7.77. The van der Waals surface area contributed by atoms with Crippen LogP contribution in [0.4, 0.5) is 0 Å². The van der Waals surface area contributed by atoms with E-state index in [1.807, 2.05) is 13.0 Å². The van der Waals surface area contributed by atoms with E-state index < -0.39 is 0 Å². The highest BCUT2D eigenvalue weighted by Gasteiger charge is 2.05. The van der Waals surface area contributed by atoms with Gasteiger partial charge < -0.3 is 9.30 Å². The summed E-state index contributed by atoms with van der Waals surface area (Å²) in [5, 5.41) is 4.45. The number of aromatic nitrogens is 2. The number of benzene rings is 1. The lowest BCUT2D eigenvalue weighted by molar-refractivity contribution is 0.318. The van der Waals surface area contributed by atoms with Gasteiger partial charge in [-0.15, -0.1) is 11.3 Å². The Labute approximate surface area is 122 Å². The van der Waals surface area contributed by atoms with Crippen LogP contribution >= 0.6 is 11.3 Å². The van der Waals surface area contributed by atoms with Gasteiger partial charge in [-0.3, -0.25) is 0 Å². The molecule has 104 valence electrons. The molecule has 0 saturated carbocycles. The largest absolute Gasteiger partial charge is 0.494 e. The average Bonchev–Trinajstić information content (AvgIpc) is 3.04. The molecule has 0 aliphatic carbocycles. The summed E-state index contributed by atoms with van der Waals surface area (Å²) in [5.41, 5.74) is 2.32. The zero-order chi connectivity index (χ0) is 13.9. The molecule has 2 heterocycles. The molecule has 0 saturated heterocycles. The van der Waals surface area contributed by atoms with Crippen molar-refractivity contribution < 1.29 is 4.74 Å². The lowest BCUT2D eigenvalue weighted by Crippen LogP contribution is -1.98. The van der Waals surface area contributed by atoms with Crippen molar-refractivity contribution in [2.45, 2.75) is 26.8 Å². The van der Waals surface area contributed by atoms with Crippen LogP contribution in [0.3, 0.4) is 0 Å². The number of thiazole rings is 1. The van der Waals surface area contributed by atoms with Crippen molar-refractivity contribution in [2.24, 2.45) is 0 Å². The summed E-state index contributed by atoms with van der Waals surface area (Å²) in [6, 6.07) is 8.41. The van der Waals surface area contributed by atoms with Crippen LogP contribution in [-0.2, 0) is 6.54 Å². The van der Waals surface area contributed by atoms with Crippen LogP contribution in [0.5, 0.6) is 5.75 Å².